The maximum absolute atomic E-state index is 11.2. The first-order chi connectivity index (χ1) is 7.81. The average molecular weight is 206 g/mol. The SMILES string of the molecule is C#CC(=O)c1ccc(-c2ccccc2)cc1. The molecule has 0 amide bonds. The van der Waals surface area contributed by atoms with Crippen LogP contribution >= 0.6 is 0 Å². The number of rotatable bonds is 2. The second-order valence-electron chi connectivity index (χ2n) is 3.42. The number of ketones is 1. The Morgan fingerprint density at radius 1 is 0.875 bits per heavy atom. The Balaban J connectivity index is 2.34. The van der Waals surface area contributed by atoms with Gasteiger partial charge in [-0.1, -0.05) is 42.5 Å². The van der Waals surface area contributed by atoms with E-state index in [9.17, 15) is 4.79 Å². The molecule has 0 bridgehead atoms. The van der Waals surface area contributed by atoms with Crippen LogP contribution in [0, 0.1) is 12.3 Å². The van der Waals surface area contributed by atoms with Gasteiger partial charge in [0.1, 0.15) is 0 Å². The topological polar surface area (TPSA) is 17.1 Å². The van der Waals surface area contributed by atoms with E-state index >= 15 is 0 Å². The largest absolute Gasteiger partial charge is 0.279 e. The van der Waals surface area contributed by atoms with Crippen LogP contribution in [-0.2, 0) is 0 Å². The van der Waals surface area contributed by atoms with Gasteiger partial charge in [0.2, 0.25) is 5.78 Å². The molecule has 0 atom stereocenters. The van der Waals surface area contributed by atoms with Gasteiger partial charge in [0.15, 0.2) is 0 Å². The zero-order valence-electron chi connectivity index (χ0n) is 8.68. The van der Waals surface area contributed by atoms with Crippen LogP contribution in [0.15, 0.2) is 54.6 Å². The summed E-state index contributed by atoms with van der Waals surface area (Å²) in [6, 6.07) is 17.3. The monoisotopic (exact) mass is 206 g/mol. The molecule has 0 spiro atoms. The molecule has 0 aliphatic carbocycles. The molecule has 0 aliphatic heterocycles. The van der Waals surface area contributed by atoms with Gasteiger partial charge in [0.05, 0.1) is 0 Å². The normalized spacial score (nSPS) is 9.44. The van der Waals surface area contributed by atoms with Crippen molar-refractivity contribution in [1.82, 2.24) is 0 Å². The highest BCUT2D eigenvalue weighted by Gasteiger charge is 2.02. The van der Waals surface area contributed by atoms with Crippen LogP contribution in [0.5, 0.6) is 0 Å². The van der Waals surface area contributed by atoms with Crippen molar-refractivity contribution in [3.63, 3.8) is 0 Å². The van der Waals surface area contributed by atoms with E-state index in [1.165, 1.54) is 0 Å². The van der Waals surface area contributed by atoms with Gasteiger partial charge in [-0.25, -0.2) is 0 Å². The molecule has 0 aliphatic rings. The minimum atomic E-state index is -0.278. The molecule has 0 radical (unpaired) electrons. The highest BCUT2D eigenvalue weighted by atomic mass is 16.1. The number of hydrogen-bond acceptors (Lipinski definition) is 1. The van der Waals surface area contributed by atoms with E-state index in [0.29, 0.717) is 5.56 Å². The van der Waals surface area contributed by atoms with Crippen molar-refractivity contribution >= 4 is 5.78 Å². The third-order valence-electron chi connectivity index (χ3n) is 2.39. The van der Waals surface area contributed by atoms with Gasteiger partial charge in [0.25, 0.3) is 0 Å². The predicted octanol–water partition coefficient (Wildman–Crippen LogP) is 3.17. The Morgan fingerprint density at radius 2 is 1.44 bits per heavy atom. The molecular formula is C15H10O. The lowest BCUT2D eigenvalue weighted by Gasteiger charge is -2.01. The van der Waals surface area contributed by atoms with Gasteiger partial charge in [-0.2, -0.15) is 0 Å². The van der Waals surface area contributed by atoms with Crippen LogP contribution in [0.25, 0.3) is 11.1 Å². The van der Waals surface area contributed by atoms with Crippen LogP contribution in [0.3, 0.4) is 0 Å². The Labute approximate surface area is 94.7 Å². The van der Waals surface area contributed by atoms with E-state index < -0.39 is 0 Å². The van der Waals surface area contributed by atoms with Gasteiger partial charge in [0, 0.05) is 5.56 Å². The summed E-state index contributed by atoms with van der Waals surface area (Å²) in [7, 11) is 0. The molecule has 0 heterocycles. The number of Topliss-reactive ketones (excluding diaryl/α,β-unsaturated/α-hetero) is 1. The molecule has 0 fully saturated rings. The van der Waals surface area contributed by atoms with Gasteiger partial charge in [-0.3, -0.25) is 4.79 Å². The van der Waals surface area contributed by atoms with Crippen LogP contribution in [0.1, 0.15) is 10.4 Å². The van der Waals surface area contributed by atoms with Gasteiger partial charge in [-0.15, -0.1) is 6.42 Å². The van der Waals surface area contributed by atoms with Crippen molar-refractivity contribution in [2.45, 2.75) is 0 Å². The fourth-order valence-corrected chi connectivity index (χ4v) is 1.53. The van der Waals surface area contributed by atoms with E-state index in [1.807, 2.05) is 42.5 Å². The lowest BCUT2D eigenvalue weighted by Crippen LogP contribution is -1.93. The molecule has 0 unspecified atom stereocenters. The summed E-state index contributed by atoms with van der Waals surface area (Å²) < 4.78 is 0. The number of terminal acetylenes is 1. The van der Waals surface area contributed by atoms with Crippen molar-refractivity contribution in [2.24, 2.45) is 0 Å². The van der Waals surface area contributed by atoms with E-state index in [4.69, 9.17) is 6.42 Å². The number of carbonyl (C=O) groups is 1. The van der Waals surface area contributed by atoms with E-state index in [1.54, 1.807) is 12.1 Å². The summed E-state index contributed by atoms with van der Waals surface area (Å²) in [5.74, 6) is 1.82. The number of hydrogen-bond donors (Lipinski definition) is 0. The maximum Gasteiger partial charge on any atom is 0.235 e. The Bertz CT molecular complexity index is 530. The second kappa shape index (κ2) is 4.46. The van der Waals surface area contributed by atoms with Crippen LogP contribution in [-0.4, -0.2) is 5.78 Å². The summed E-state index contributed by atoms with van der Waals surface area (Å²) in [5, 5.41) is 0. The Morgan fingerprint density at radius 3 is 2.00 bits per heavy atom. The highest BCUT2D eigenvalue weighted by molar-refractivity contribution is 6.08. The van der Waals surface area contributed by atoms with Gasteiger partial charge >= 0.3 is 0 Å². The quantitative estimate of drug-likeness (QED) is 0.419. The first kappa shape index (κ1) is 10.2. The van der Waals surface area contributed by atoms with Crippen molar-refractivity contribution in [3.05, 3.63) is 60.2 Å². The molecule has 0 aromatic heterocycles. The van der Waals surface area contributed by atoms with Crippen molar-refractivity contribution < 1.29 is 4.79 Å². The molecule has 0 N–H and O–H groups in total. The van der Waals surface area contributed by atoms with E-state index in [2.05, 4.69) is 5.92 Å². The van der Waals surface area contributed by atoms with E-state index in [0.717, 1.165) is 11.1 Å². The van der Waals surface area contributed by atoms with Gasteiger partial charge < -0.3 is 0 Å². The van der Waals surface area contributed by atoms with Crippen molar-refractivity contribution in [2.75, 3.05) is 0 Å². The first-order valence-electron chi connectivity index (χ1n) is 4.97. The highest BCUT2D eigenvalue weighted by Crippen LogP contribution is 2.19. The zero-order chi connectivity index (χ0) is 11.4. The van der Waals surface area contributed by atoms with Crippen molar-refractivity contribution in [1.29, 1.82) is 0 Å². The molecule has 16 heavy (non-hydrogen) atoms. The van der Waals surface area contributed by atoms with Crippen LogP contribution in [0.4, 0.5) is 0 Å². The average Bonchev–Trinajstić information content (AvgIpc) is 2.39. The standard InChI is InChI=1S/C15H10O/c1-2-15(16)14-10-8-13(9-11-14)12-6-4-3-5-7-12/h1,3-11H. The lowest BCUT2D eigenvalue weighted by molar-refractivity contribution is 0.105. The van der Waals surface area contributed by atoms with Crippen molar-refractivity contribution in [3.8, 4) is 23.5 Å². The molecule has 1 nitrogen and oxygen atoms in total. The molecule has 2 rings (SSSR count). The minimum absolute atomic E-state index is 0.278. The molecule has 1 heteroatoms. The molecule has 76 valence electrons. The number of benzene rings is 2. The maximum atomic E-state index is 11.2. The first-order valence-corrected chi connectivity index (χ1v) is 4.97. The summed E-state index contributed by atoms with van der Waals surface area (Å²) in [4.78, 5) is 11.2. The summed E-state index contributed by atoms with van der Waals surface area (Å²) in [5.41, 5.74) is 2.76. The van der Waals surface area contributed by atoms with Gasteiger partial charge in [-0.05, 0) is 29.2 Å². The molecule has 2 aromatic rings. The Kier molecular flexibility index (Phi) is 2.84. The summed E-state index contributed by atoms with van der Waals surface area (Å²) >= 11 is 0. The third kappa shape index (κ3) is 2.02. The lowest BCUT2D eigenvalue weighted by atomic mass is 10.0. The van der Waals surface area contributed by atoms with Crippen LogP contribution < -0.4 is 0 Å². The predicted molar refractivity (Wildman–Crippen MR) is 65.0 cm³/mol. The summed E-state index contributed by atoms with van der Waals surface area (Å²) in [6.45, 7) is 0. The van der Waals surface area contributed by atoms with E-state index in [-0.39, 0.29) is 5.78 Å². The van der Waals surface area contributed by atoms with Crippen LogP contribution in [0.2, 0.25) is 0 Å². The molecule has 0 saturated carbocycles. The Hall–Kier alpha value is -2.33. The molecule has 0 saturated heterocycles. The second-order valence-corrected chi connectivity index (χ2v) is 3.42. The molecular weight excluding hydrogens is 196 g/mol. The molecule has 2 aromatic carbocycles. The zero-order valence-corrected chi connectivity index (χ0v) is 8.68. The third-order valence-corrected chi connectivity index (χ3v) is 2.39. The fourth-order valence-electron chi connectivity index (χ4n) is 1.53. The smallest absolute Gasteiger partial charge is 0.235 e. The number of carbonyl (C=O) groups excluding carboxylic acids is 1. The fraction of sp³-hybridized carbons (Fsp3) is 0. The minimum Gasteiger partial charge on any atom is -0.279 e. The summed E-state index contributed by atoms with van der Waals surface area (Å²) in [6.07, 6.45) is 5.05.